The van der Waals surface area contributed by atoms with Gasteiger partial charge in [0.1, 0.15) is 0 Å². The van der Waals surface area contributed by atoms with Crippen molar-refractivity contribution in [3.8, 4) is 0 Å². The predicted octanol–water partition coefficient (Wildman–Crippen LogP) is 0.483. The van der Waals surface area contributed by atoms with Crippen molar-refractivity contribution in [2.75, 3.05) is 6.54 Å². The van der Waals surface area contributed by atoms with Crippen LogP contribution in [0.2, 0.25) is 0 Å². The lowest BCUT2D eigenvalue weighted by Gasteiger charge is -2.21. The first-order chi connectivity index (χ1) is 5.96. The van der Waals surface area contributed by atoms with Crippen LogP contribution in [0.1, 0.15) is 27.2 Å². The van der Waals surface area contributed by atoms with Gasteiger partial charge in [0.25, 0.3) is 0 Å². The molecule has 0 radical (unpaired) electrons. The molecule has 3 N–H and O–H groups in total. The summed E-state index contributed by atoms with van der Waals surface area (Å²) in [5.74, 6) is -0.139. The number of nitrogens with one attached hydrogen (secondary N) is 1. The number of carbonyl (C=O) groups excluding carboxylic acids is 1. The number of rotatable bonds is 2. The monoisotopic (exact) mass is 183 g/mol. The fourth-order valence-corrected chi connectivity index (χ4v) is 1.52. The van der Waals surface area contributed by atoms with Gasteiger partial charge < -0.3 is 5.73 Å². The van der Waals surface area contributed by atoms with Crippen LogP contribution in [0.15, 0.2) is 5.10 Å². The maximum absolute atomic E-state index is 11.3. The third kappa shape index (κ3) is 2.06. The minimum absolute atomic E-state index is 0.0182. The summed E-state index contributed by atoms with van der Waals surface area (Å²) in [7, 11) is 0. The highest BCUT2D eigenvalue weighted by Crippen LogP contribution is 2.26. The molecule has 1 unspecified atom stereocenters. The van der Waals surface area contributed by atoms with Crippen LogP contribution < -0.4 is 11.2 Å². The highest BCUT2D eigenvalue weighted by atomic mass is 16.2. The van der Waals surface area contributed by atoms with Gasteiger partial charge in [0.15, 0.2) is 0 Å². The molecule has 0 aromatic carbocycles. The van der Waals surface area contributed by atoms with E-state index in [0.29, 0.717) is 13.0 Å². The first kappa shape index (κ1) is 10.2. The maximum atomic E-state index is 11.3. The maximum Gasteiger partial charge on any atom is 0.248 e. The van der Waals surface area contributed by atoms with Crippen LogP contribution in [0, 0.1) is 11.3 Å². The van der Waals surface area contributed by atoms with Crippen LogP contribution in [0.5, 0.6) is 0 Å². The summed E-state index contributed by atoms with van der Waals surface area (Å²) in [5, 5.41) is 4.05. The zero-order valence-corrected chi connectivity index (χ0v) is 8.42. The van der Waals surface area contributed by atoms with E-state index < -0.39 is 0 Å². The Morgan fingerprint density at radius 3 is 2.62 bits per heavy atom. The Labute approximate surface area is 78.6 Å². The lowest BCUT2D eigenvalue weighted by Crippen LogP contribution is -2.32. The number of nitrogens with zero attached hydrogens (tertiary/aromatic N) is 1. The van der Waals surface area contributed by atoms with Crippen LogP contribution in [0.25, 0.3) is 0 Å². The molecule has 0 bridgehead atoms. The molecule has 0 saturated heterocycles. The Morgan fingerprint density at radius 2 is 2.15 bits per heavy atom. The molecule has 4 heteroatoms. The molecule has 0 aromatic rings. The standard InChI is InChI=1S/C9H17N3O/c1-9(2,3)7-6(4-5-10)8(13)12-11-7/h6H,4-5,10H2,1-3H3,(H,12,13). The van der Waals surface area contributed by atoms with Crippen LogP contribution in [-0.4, -0.2) is 18.2 Å². The summed E-state index contributed by atoms with van der Waals surface area (Å²) in [6.45, 7) is 6.67. The summed E-state index contributed by atoms with van der Waals surface area (Å²) in [5.41, 5.74) is 8.81. The zero-order chi connectivity index (χ0) is 10.1. The third-order valence-electron chi connectivity index (χ3n) is 2.16. The van der Waals surface area contributed by atoms with E-state index in [1.165, 1.54) is 0 Å². The van der Waals surface area contributed by atoms with Gasteiger partial charge in [0.05, 0.1) is 11.6 Å². The van der Waals surface area contributed by atoms with Gasteiger partial charge in [-0.3, -0.25) is 4.79 Å². The predicted molar refractivity (Wildman–Crippen MR) is 52.2 cm³/mol. The topological polar surface area (TPSA) is 67.5 Å². The zero-order valence-electron chi connectivity index (χ0n) is 8.42. The van der Waals surface area contributed by atoms with Crippen molar-refractivity contribution in [2.24, 2.45) is 22.2 Å². The van der Waals surface area contributed by atoms with E-state index in [-0.39, 0.29) is 17.2 Å². The Balaban J connectivity index is 2.80. The van der Waals surface area contributed by atoms with E-state index >= 15 is 0 Å². The van der Waals surface area contributed by atoms with E-state index in [1.807, 2.05) is 0 Å². The molecule has 0 spiro atoms. The number of hydrogen-bond acceptors (Lipinski definition) is 3. The van der Waals surface area contributed by atoms with E-state index in [2.05, 4.69) is 31.3 Å². The molecule has 74 valence electrons. The van der Waals surface area contributed by atoms with Crippen LogP contribution in [0.3, 0.4) is 0 Å². The van der Waals surface area contributed by atoms with Gasteiger partial charge in [0.2, 0.25) is 5.91 Å². The van der Waals surface area contributed by atoms with Crippen molar-refractivity contribution in [1.29, 1.82) is 0 Å². The lowest BCUT2D eigenvalue weighted by atomic mass is 9.81. The molecule has 1 atom stereocenters. The summed E-state index contributed by atoms with van der Waals surface area (Å²) in [4.78, 5) is 11.3. The van der Waals surface area contributed by atoms with E-state index in [9.17, 15) is 4.79 Å². The Kier molecular flexibility index (Phi) is 2.71. The normalized spacial score (nSPS) is 22.9. The molecule has 1 amide bonds. The Bertz CT molecular complexity index is 240. The minimum atomic E-state index is -0.120. The third-order valence-corrected chi connectivity index (χ3v) is 2.16. The van der Waals surface area contributed by atoms with Crippen LogP contribution in [0.4, 0.5) is 0 Å². The molecule has 0 fully saturated rings. The quantitative estimate of drug-likeness (QED) is 0.654. The van der Waals surface area contributed by atoms with Crippen molar-refractivity contribution >= 4 is 11.6 Å². The van der Waals surface area contributed by atoms with Crippen LogP contribution in [-0.2, 0) is 4.79 Å². The molecule has 1 aliphatic rings. The average Bonchev–Trinajstić information content (AvgIpc) is 2.32. The van der Waals surface area contributed by atoms with E-state index in [0.717, 1.165) is 5.71 Å². The largest absolute Gasteiger partial charge is 0.330 e. The molecule has 0 aliphatic carbocycles. The first-order valence-electron chi connectivity index (χ1n) is 4.55. The van der Waals surface area contributed by atoms with Crippen molar-refractivity contribution in [3.63, 3.8) is 0 Å². The van der Waals surface area contributed by atoms with Crippen molar-refractivity contribution in [1.82, 2.24) is 5.43 Å². The number of amides is 1. The lowest BCUT2D eigenvalue weighted by molar-refractivity contribution is -0.122. The molecule has 1 rings (SSSR count). The number of hydrazone groups is 1. The fraction of sp³-hybridized carbons (Fsp3) is 0.778. The van der Waals surface area contributed by atoms with Gasteiger partial charge in [-0.25, -0.2) is 5.43 Å². The second kappa shape index (κ2) is 3.46. The average molecular weight is 183 g/mol. The van der Waals surface area contributed by atoms with Crippen molar-refractivity contribution in [2.45, 2.75) is 27.2 Å². The molecule has 1 heterocycles. The highest BCUT2D eigenvalue weighted by Gasteiger charge is 2.35. The smallest absolute Gasteiger partial charge is 0.248 e. The van der Waals surface area contributed by atoms with Gasteiger partial charge in [0, 0.05) is 5.41 Å². The second-order valence-electron chi connectivity index (χ2n) is 4.35. The highest BCUT2D eigenvalue weighted by molar-refractivity contribution is 6.10. The van der Waals surface area contributed by atoms with Gasteiger partial charge in [-0.05, 0) is 13.0 Å². The van der Waals surface area contributed by atoms with Crippen molar-refractivity contribution in [3.05, 3.63) is 0 Å². The van der Waals surface area contributed by atoms with Gasteiger partial charge in [-0.2, -0.15) is 5.10 Å². The molecule has 13 heavy (non-hydrogen) atoms. The molecular weight excluding hydrogens is 166 g/mol. The minimum Gasteiger partial charge on any atom is -0.330 e. The fourth-order valence-electron chi connectivity index (χ4n) is 1.52. The summed E-state index contributed by atoms with van der Waals surface area (Å²) in [6, 6.07) is 0. The van der Waals surface area contributed by atoms with Gasteiger partial charge in [-0.15, -0.1) is 0 Å². The molecular formula is C9H17N3O. The molecule has 0 saturated carbocycles. The second-order valence-corrected chi connectivity index (χ2v) is 4.35. The summed E-state index contributed by atoms with van der Waals surface area (Å²) >= 11 is 0. The first-order valence-corrected chi connectivity index (χ1v) is 4.55. The molecule has 0 aromatic heterocycles. The Morgan fingerprint density at radius 1 is 1.54 bits per heavy atom. The van der Waals surface area contributed by atoms with Gasteiger partial charge in [-0.1, -0.05) is 20.8 Å². The molecule has 4 nitrogen and oxygen atoms in total. The molecule has 1 aliphatic heterocycles. The van der Waals surface area contributed by atoms with Crippen LogP contribution >= 0.6 is 0 Å². The van der Waals surface area contributed by atoms with Gasteiger partial charge >= 0.3 is 0 Å². The SMILES string of the molecule is CC(C)(C)C1=NNC(=O)C1CCN. The summed E-state index contributed by atoms with van der Waals surface area (Å²) < 4.78 is 0. The van der Waals surface area contributed by atoms with E-state index in [4.69, 9.17) is 5.73 Å². The van der Waals surface area contributed by atoms with Crippen molar-refractivity contribution < 1.29 is 4.79 Å². The number of carbonyl (C=O) groups is 1. The van der Waals surface area contributed by atoms with E-state index in [1.54, 1.807) is 0 Å². The number of nitrogens with two attached hydrogens (primary N) is 1. The Hall–Kier alpha value is -0.900. The summed E-state index contributed by atoms with van der Waals surface area (Å²) in [6.07, 6.45) is 0.682. The number of hydrogen-bond donors (Lipinski definition) is 2.